The summed E-state index contributed by atoms with van der Waals surface area (Å²) in [5.74, 6) is 0.901. The Hall–Kier alpha value is -0.710. The van der Waals surface area contributed by atoms with E-state index in [2.05, 4.69) is 0 Å². The fraction of sp³-hybridized carbons (Fsp3) is 0.533. The lowest BCUT2D eigenvalue weighted by molar-refractivity contribution is -0.132. The van der Waals surface area contributed by atoms with Crippen molar-refractivity contribution in [2.24, 2.45) is 0 Å². The van der Waals surface area contributed by atoms with Crippen LogP contribution < -0.4 is 0 Å². The largest absolute Gasteiger partial charge is 0.396 e. The van der Waals surface area contributed by atoms with Gasteiger partial charge in [0.15, 0.2) is 0 Å². The second kappa shape index (κ2) is 9.27. The minimum Gasteiger partial charge on any atom is -0.396 e. The SMILES string of the molecule is CC(C)N(CCCO)C(=O)CCSc1ccc(Cl)cc1. The Morgan fingerprint density at radius 2 is 2.00 bits per heavy atom. The van der Waals surface area contributed by atoms with E-state index >= 15 is 0 Å². The summed E-state index contributed by atoms with van der Waals surface area (Å²) in [6.07, 6.45) is 1.14. The highest BCUT2D eigenvalue weighted by molar-refractivity contribution is 7.99. The Kier molecular flexibility index (Phi) is 8.04. The van der Waals surface area contributed by atoms with Gasteiger partial charge in [-0.15, -0.1) is 11.8 Å². The van der Waals surface area contributed by atoms with Gasteiger partial charge >= 0.3 is 0 Å². The molecule has 0 aromatic heterocycles. The van der Waals surface area contributed by atoms with Crippen LogP contribution in [0, 0.1) is 0 Å². The monoisotopic (exact) mass is 315 g/mol. The van der Waals surface area contributed by atoms with Gasteiger partial charge in [0.25, 0.3) is 0 Å². The molecule has 1 rings (SSSR count). The maximum atomic E-state index is 12.1. The van der Waals surface area contributed by atoms with E-state index in [9.17, 15) is 4.79 Å². The predicted octanol–water partition coefficient (Wildman–Crippen LogP) is 3.44. The van der Waals surface area contributed by atoms with Gasteiger partial charge in [0.2, 0.25) is 5.91 Å². The molecule has 5 heteroatoms. The Bertz CT molecular complexity index is 409. The summed E-state index contributed by atoms with van der Waals surface area (Å²) < 4.78 is 0. The van der Waals surface area contributed by atoms with Crippen molar-refractivity contribution in [1.29, 1.82) is 0 Å². The van der Waals surface area contributed by atoms with Crippen molar-refractivity contribution in [3.8, 4) is 0 Å². The number of carbonyl (C=O) groups is 1. The summed E-state index contributed by atoms with van der Waals surface area (Å²) in [4.78, 5) is 15.1. The smallest absolute Gasteiger partial charge is 0.223 e. The van der Waals surface area contributed by atoms with E-state index in [1.807, 2.05) is 43.0 Å². The Morgan fingerprint density at radius 1 is 1.35 bits per heavy atom. The van der Waals surface area contributed by atoms with E-state index < -0.39 is 0 Å². The zero-order valence-electron chi connectivity index (χ0n) is 12.0. The van der Waals surface area contributed by atoms with Crippen LogP contribution in [0.3, 0.4) is 0 Å². The summed E-state index contributed by atoms with van der Waals surface area (Å²) in [7, 11) is 0. The lowest BCUT2D eigenvalue weighted by Gasteiger charge is -2.26. The third-order valence-corrected chi connectivity index (χ3v) is 4.16. The number of aliphatic hydroxyl groups is 1. The number of hydrogen-bond donors (Lipinski definition) is 1. The Labute approximate surface area is 130 Å². The predicted molar refractivity (Wildman–Crippen MR) is 85.3 cm³/mol. The normalized spacial score (nSPS) is 10.8. The van der Waals surface area contributed by atoms with Crippen molar-refractivity contribution in [3.05, 3.63) is 29.3 Å². The number of thioether (sulfide) groups is 1. The minimum absolute atomic E-state index is 0.121. The molecule has 20 heavy (non-hydrogen) atoms. The van der Waals surface area contributed by atoms with Crippen LogP contribution in [-0.2, 0) is 4.79 Å². The van der Waals surface area contributed by atoms with Crippen LogP contribution in [0.25, 0.3) is 0 Å². The molecule has 0 bridgehead atoms. The molecule has 1 aromatic carbocycles. The molecule has 112 valence electrons. The van der Waals surface area contributed by atoms with Crippen molar-refractivity contribution in [3.63, 3.8) is 0 Å². The average Bonchev–Trinajstić information content (AvgIpc) is 2.41. The van der Waals surface area contributed by atoms with Gasteiger partial charge in [-0.1, -0.05) is 11.6 Å². The molecule has 1 aromatic rings. The van der Waals surface area contributed by atoms with Gasteiger partial charge in [-0.3, -0.25) is 4.79 Å². The van der Waals surface area contributed by atoms with Crippen LogP contribution >= 0.6 is 23.4 Å². The molecule has 0 unspecified atom stereocenters. The molecule has 0 heterocycles. The molecule has 0 aliphatic rings. The number of rotatable bonds is 8. The second-order valence-electron chi connectivity index (χ2n) is 4.81. The van der Waals surface area contributed by atoms with Crippen LogP contribution in [0.2, 0.25) is 5.02 Å². The first-order valence-electron chi connectivity index (χ1n) is 6.83. The van der Waals surface area contributed by atoms with E-state index in [1.165, 1.54) is 0 Å². The number of hydrogen-bond acceptors (Lipinski definition) is 3. The zero-order valence-corrected chi connectivity index (χ0v) is 13.6. The molecule has 0 aliphatic heterocycles. The first-order chi connectivity index (χ1) is 9.54. The molecule has 0 saturated heterocycles. The number of halogens is 1. The van der Waals surface area contributed by atoms with Gasteiger partial charge < -0.3 is 10.0 Å². The summed E-state index contributed by atoms with van der Waals surface area (Å²) in [6, 6.07) is 7.81. The van der Waals surface area contributed by atoms with Gasteiger partial charge in [0.05, 0.1) is 0 Å². The Morgan fingerprint density at radius 3 is 2.55 bits per heavy atom. The van der Waals surface area contributed by atoms with Crippen molar-refractivity contribution >= 4 is 29.3 Å². The standard InChI is InChI=1S/C15H22ClNO2S/c1-12(2)17(9-3-10-18)15(19)8-11-20-14-6-4-13(16)5-7-14/h4-7,12,18H,3,8-11H2,1-2H3. The maximum absolute atomic E-state index is 12.1. The molecule has 0 saturated carbocycles. The summed E-state index contributed by atoms with van der Waals surface area (Å²) >= 11 is 7.49. The van der Waals surface area contributed by atoms with Gasteiger partial charge in [-0.2, -0.15) is 0 Å². The molecular formula is C15H22ClNO2S. The van der Waals surface area contributed by atoms with E-state index in [0.29, 0.717) is 19.4 Å². The number of carbonyl (C=O) groups excluding carboxylic acids is 1. The average molecular weight is 316 g/mol. The molecule has 0 spiro atoms. The van der Waals surface area contributed by atoms with E-state index in [4.69, 9.17) is 16.7 Å². The summed E-state index contributed by atoms with van der Waals surface area (Å²) in [5, 5.41) is 9.60. The second-order valence-corrected chi connectivity index (χ2v) is 6.42. The van der Waals surface area contributed by atoms with E-state index in [1.54, 1.807) is 11.8 Å². The zero-order chi connectivity index (χ0) is 15.0. The van der Waals surface area contributed by atoms with Gasteiger partial charge in [-0.25, -0.2) is 0 Å². The van der Waals surface area contributed by atoms with E-state index in [-0.39, 0.29) is 18.6 Å². The van der Waals surface area contributed by atoms with Crippen LogP contribution in [-0.4, -0.2) is 40.9 Å². The lowest BCUT2D eigenvalue weighted by atomic mass is 10.2. The highest BCUT2D eigenvalue weighted by atomic mass is 35.5. The number of benzene rings is 1. The van der Waals surface area contributed by atoms with Crippen molar-refractivity contribution < 1.29 is 9.90 Å². The third kappa shape index (κ3) is 6.16. The van der Waals surface area contributed by atoms with E-state index in [0.717, 1.165) is 15.7 Å². The summed E-state index contributed by atoms with van der Waals surface area (Å²) in [5.41, 5.74) is 0. The molecule has 0 fully saturated rings. The molecule has 1 N–H and O–H groups in total. The molecular weight excluding hydrogens is 294 g/mol. The van der Waals surface area contributed by atoms with Gasteiger partial charge in [0.1, 0.15) is 0 Å². The third-order valence-electron chi connectivity index (χ3n) is 2.90. The first kappa shape index (κ1) is 17.3. The fourth-order valence-corrected chi connectivity index (χ4v) is 2.81. The van der Waals surface area contributed by atoms with Gasteiger partial charge in [-0.05, 0) is 44.5 Å². The molecule has 0 atom stereocenters. The van der Waals surface area contributed by atoms with Crippen LogP contribution in [0.4, 0.5) is 0 Å². The fourth-order valence-electron chi connectivity index (χ4n) is 1.84. The topological polar surface area (TPSA) is 40.5 Å². The highest BCUT2D eigenvalue weighted by Crippen LogP contribution is 2.21. The minimum atomic E-state index is 0.121. The number of aliphatic hydroxyl groups excluding tert-OH is 1. The van der Waals surface area contributed by atoms with Crippen LogP contribution in [0.1, 0.15) is 26.7 Å². The first-order valence-corrected chi connectivity index (χ1v) is 8.19. The number of nitrogens with zero attached hydrogens (tertiary/aromatic N) is 1. The van der Waals surface area contributed by atoms with Crippen LogP contribution in [0.15, 0.2) is 29.2 Å². The quantitative estimate of drug-likeness (QED) is 0.747. The Balaban J connectivity index is 2.38. The maximum Gasteiger partial charge on any atom is 0.223 e. The summed E-state index contributed by atoms with van der Waals surface area (Å²) in [6.45, 7) is 4.75. The van der Waals surface area contributed by atoms with Gasteiger partial charge in [0, 0.05) is 41.3 Å². The van der Waals surface area contributed by atoms with Crippen LogP contribution in [0.5, 0.6) is 0 Å². The molecule has 0 radical (unpaired) electrons. The highest BCUT2D eigenvalue weighted by Gasteiger charge is 2.15. The molecule has 0 aliphatic carbocycles. The van der Waals surface area contributed by atoms with Crippen molar-refractivity contribution in [1.82, 2.24) is 4.90 Å². The molecule has 3 nitrogen and oxygen atoms in total. The lowest BCUT2D eigenvalue weighted by Crippen LogP contribution is -2.38. The van der Waals surface area contributed by atoms with Crippen molar-refractivity contribution in [2.75, 3.05) is 18.9 Å². The molecule has 1 amide bonds. The van der Waals surface area contributed by atoms with Crippen molar-refractivity contribution in [2.45, 2.75) is 37.6 Å². The number of amides is 1.